The topological polar surface area (TPSA) is 71.8 Å². The first-order chi connectivity index (χ1) is 15.6. The fraction of sp³-hybridized carbons (Fsp3) is 0.280. The quantitative estimate of drug-likeness (QED) is 0.573. The number of hydrogen-bond acceptors (Lipinski definition) is 4. The van der Waals surface area contributed by atoms with Crippen LogP contribution in [0.4, 0.5) is 10.1 Å². The van der Waals surface area contributed by atoms with E-state index in [1.807, 2.05) is 0 Å². The molecule has 2 aromatic carbocycles. The van der Waals surface area contributed by atoms with Crippen molar-refractivity contribution >= 4 is 17.5 Å². The molecule has 1 aliphatic rings. The minimum atomic E-state index is -1.23. The van der Waals surface area contributed by atoms with Crippen LogP contribution in [0.5, 0.6) is 5.75 Å². The summed E-state index contributed by atoms with van der Waals surface area (Å²) in [4.78, 5) is 28.4. The highest BCUT2D eigenvalue weighted by Crippen LogP contribution is 2.33. The number of halogens is 1. The van der Waals surface area contributed by atoms with Gasteiger partial charge in [-0.2, -0.15) is 0 Å². The summed E-state index contributed by atoms with van der Waals surface area (Å²) in [7, 11) is 1.51. The fourth-order valence-corrected chi connectivity index (χ4v) is 4.11. The Morgan fingerprint density at radius 1 is 1.09 bits per heavy atom. The van der Waals surface area contributed by atoms with Gasteiger partial charge in [0.2, 0.25) is 5.91 Å². The molecule has 0 radical (unpaired) electrons. The normalized spacial score (nSPS) is 14.7. The van der Waals surface area contributed by atoms with Crippen LogP contribution >= 0.6 is 0 Å². The average Bonchev–Trinajstić information content (AvgIpc) is 3.52. The Morgan fingerprint density at radius 3 is 2.56 bits per heavy atom. The molecule has 4 rings (SSSR count). The molecule has 32 heavy (non-hydrogen) atoms. The van der Waals surface area contributed by atoms with E-state index in [9.17, 15) is 14.0 Å². The van der Waals surface area contributed by atoms with Crippen molar-refractivity contribution in [3.63, 3.8) is 0 Å². The van der Waals surface area contributed by atoms with E-state index >= 15 is 0 Å². The van der Waals surface area contributed by atoms with E-state index in [1.165, 1.54) is 36.5 Å². The van der Waals surface area contributed by atoms with Crippen LogP contribution in [0.25, 0.3) is 0 Å². The van der Waals surface area contributed by atoms with Gasteiger partial charge in [-0.3, -0.25) is 14.5 Å². The van der Waals surface area contributed by atoms with Crippen LogP contribution in [0.15, 0.2) is 71.3 Å². The summed E-state index contributed by atoms with van der Waals surface area (Å²) >= 11 is 0. The van der Waals surface area contributed by atoms with Gasteiger partial charge in [0.1, 0.15) is 17.6 Å². The smallest absolute Gasteiger partial charge is 0.294 e. The lowest BCUT2D eigenvalue weighted by molar-refractivity contribution is -0.123. The van der Waals surface area contributed by atoms with Gasteiger partial charge in [-0.05, 0) is 43.2 Å². The minimum Gasteiger partial charge on any atom is -0.497 e. The molecule has 166 valence electrons. The molecule has 0 spiro atoms. The van der Waals surface area contributed by atoms with Crippen LogP contribution in [0.3, 0.4) is 0 Å². The van der Waals surface area contributed by atoms with Crippen molar-refractivity contribution in [2.45, 2.75) is 37.8 Å². The SMILES string of the molecule is COc1cccc(N(C(=O)c2ccco2)[C@H](C(=O)NC2CCCC2)c2ccccc2F)c1. The monoisotopic (exact) mass is 436 g/mol. The highest BCUT2D eigenvalue weighted by molar-refractivity contribution is 6.08. The van der Waals surface area contributed by atoms with Gasteiger partial charge in [0.05, 0.1) is 13.4 Å². The number of carbonyl (C=O) groups excluding carboxylic acids is 2. The first-order valence-electron chi connectivity index (χ1n) is 10.6. The van der Waals surface area contributed by atoms with E-state index in [2.05, 4.69) is 5.32 Å². The van der Waals surface area contributed by atoms with E-state index in [0.29, 0.717) is 11.4 Å². The molecule has 1 aromatic heterocycles. The maximum Gasteiger partial charge on any atom is 0.294 e. The summed E-state index contributed by atoms with van der Waals surface area (Å²) in [5, 5.41) is 3.02. The number of rotatable bonds is 7. The molecule has 6 nitrogen and oxygen atoms in total. The zero-order valence-corrected chi connectivity index (χ0v) is 17.8. The van der Waals surface area contributed by atoms with Crippen LogP contribution < -0.4 is 15.0 Å². The molecule has 2 amide bonds. The Kier molecular flexibility index (Phi) is 6.54. The molecule has 3 aromatic rings. The number of amides is 2. The Bertz CT molecular complexity index is 1080. The Labute approximate surface area is 186 Å². The minimum absolute atomic E-state index is 0.00245. The van der Waals surface area contributed by atoms with Gasteiger partial charge in [0.15, 0.2) is 5.76 Å². The highest BCUT2D eigenvalue weighted by Gasteiger charge is 2.37. The molecule has 1 fully saturated rings. The van der Waals surface area contributed by atoms with Gasteiger partial charge >= 0.3 is 0 Å². The largest absolute Gasteiger partial charge is 0.497 e. The molecule has 1 aliphatic carbocycles. The molecule has 7 heteroatoms. The van der Waals surface area contributed by atoms with Crippen LogP contribution in [0.1, 0.15) is 47.8 Å². The molecule has 0 unspecified atom stereocenters. The van der Waals surface area contributed by atoms with E-state index in [1.54, 1.807) is 42.5 Å². The first-order valence-corrected chi connectivity index (χ1v) is 10.6. The lowest BCUT2D eigenvalue weighted by atomic mass is 10.0. The molecule has 0 aliphatic heterocycles. The Balaban J connectivity index is 1.84. The van der Waals surface area contributed by atoms with Gasteiger partial charge in [-0.25, -0.2) is 4.39 Å². The maximum absolute atomic E-state index is 15.0. The van der Waals surface area contributed by atoms with Crippen molar-refractivity contribution in [1.82, 2.24) is 5.32 Å². The molecular formula is C25H25FN2O4. The highest BCUT2D eigenvalue weighted by atomic mass is 19.1. The summed E-state index contributed by atoms with van der Waals surface area (Å²) < 4.78 is 25.6. The summed E-state index contributed by atoms with van der Waals surface area (Å²) in [5.41, 5.74) is 0.492. The van der Waals surface area contributed by atoms with E-state index < -0.39 is 23.7 Å². The number of nitrogens with one attached hydrogen (secondary N) is 1. The van der Waals surface area contributed by atoms with E-state index in [-0.39, 0.29) is 17.4 Å². The molecule has 0 bridgehead atoms. The Hall–Kier alpha value is -3.61. The number of nitrogens with zero attached hydrogens (tertiary/aromatic N) is 1. The molecular weight excluding hydrogens is 411 g/mol. The number of benzene rings is 2. The lowest BCUT2D eigenvalue weighted by Crippen LogP contribution is -2.46. The number of ether oxygens (including phenoxy) is 1. The summed E-state index contributed by atoms with van der Waals surface area (Å²) in [6.07, 6.45) is 5.16. The predicted molar refractivity (Wildman–Crippen MR) is 118 cm³/mol. The predicted octanol–water partition coefficient (Wildman–Crippen LogP) is 4.87. The first kappa shape index (κ1) is 21.6. The molecule has 1 atom stereocenters. The molecule has 1 saturated carbocycles. The zero-order valence-electron chi connectivity index (χ0n) is 17.8. The van der Waals surface area contributed by atoms with Crippen molar-refractivity contribution in [3.05, 3.63) is 84.1 Å². The van der Waals surface area contributed by atoms with Crippen LogP contribution in [0.2, 0.25) is 0 Å². The average molecular weight is 436 g/mol. The maximum atomic E-state index is 15.0. The standard InChI is InChI=1S/C25H25FN2O4/c1-31-19-11-6-10-18(16-19)28(25(30)22-14-7-15-32-22)23(20-12-4-5-13-21(20)26)24(29)27-17-8-2-3-9-17/h4-7,10-17,23H,2-3,8-9H2,1H3,(H,27,29)/t23-/m0/s1. The fourth-order valence-electron chi connectivity index (χ4n) is 4.11. The lowest BCUT2D eigenvalue weighted by Gasteiger charge is -2.32. The number of carbonyl (C=O) groups is 2. The number of anilines is 1. The van der Waals surface area contributed by atoms with Crippen molar-refractivity contribution in [3.8, 4) is 5.75 Å². The molecule has 1 heterocycles. The van der Waals surface area contributed by atoms with Crippen molar-refractivity contribution in [2.24, 2.45) is 0 Å². The van der Waals surface area contributed by atoms with Gasteiger partial charge in [-0.1, -0.05) is 37.1 Å². The Morgan fingerprint density at radius 2 is 1.88 bits per heavy atom. The number of methoxy groups -OCH3 is 1. The second-order valence-corrected chi connectivity index (χ2v) is 7.77. The van der Waals surface area contributed by atoms with Crippen molar-refractivity contribution in [1.29, 1.82) is 0 Å². The van der Waals surface area contributed by atoms with Gasteiger partial charge in [0, 0.05) is 23.4 Å². The molecule has 1 N–H and O–H groups in total. The van der Waals surface area contributed by atoms with E-state index in [4.69, 9.17) is 9.15 Å². The number of furan rings is 1. The third kappa shape index (κ3) is 4.51. The third-order valence-electron chi connectivity index (χ3n) is 5.69. The van der Waals surface area contributed by atoms with Gasteiger partial charge < -0.3 is 14.5 Å². The zero-order chi connectivity index (χ0) is 22.5. The van der Waals surface area contributed by atoms with Crippen LogP contribution in [0, 0.1) is 5.82 Å². The summed E-state index contributed by atoms with van der Waals surface area (Å²) in [6.45, 7) is 0. The van der Waals surface area contributed by atoms with E-state index in [0.717, 1.165) is 25.7 Å². The van der Waals surface area contributed by atoms with Gasteiger partial charge in [0.25, 0.3) is 5.91 Å². The second-order valence-electron chi connectivity index (χ2n) is 7.77. The van der Waals surface area contributed by atoms with Gasteiger partial charge in [-0.15, -0.1) is 0 Å². The number of hydrogen-bond donors (Lipinski definition) is 1. The van der Waals surface area contributed by atoms with Crippen LogP contribution in [-0.2, 0) is 4.79 Å². The van der Waals surface area contributed by atoms with Crippen molar-refractivity contribution in [2.75, 3.05) is 12.0 Å². The molecule has 0 saturated heterocycles. The second kappa shape index (κ2) is 9.68. The third-order valence-corrected chi connectivity index (χ3v) is 5.69. The van der Waals surface area contributed by atoms with Crippen molar-refractivity contribution < 1.29 is 23.1 Å². The summed E-state index contributed by atoms with van der Waals surface area (Å²) in [6, 6.07) is 14.6. The summed E-state index contributed by atoms with van der Waals surface area (Å²) in [5.74, 6) is -1.02. The van der Waals surface area contributed by atoms with Crippen LogP contribution in [-0.4, -0.2) is 25.0 Å².